The lowest BCUT2D eigenvalue weighted by Gasteiger charge is -2.18. The van der Waals surface area contributed by atoms with E-state index < -0.39 is 6.10 Å². The third-order valence-corrected chi connectivity index (χ3v) is 13.9. The molecule has 0 spiro atoms. The van der Waals surface area contributed by atoms with E-state index in [9.17, 15) is 14.4 Å². The van der Waals surface area contributed by atoms with Crippen LogP contribution < -0.4 is 0 Å². The van der Waals surface area contributed by atoms with E-state index in [0.717, 1.165) is 77.0 Å². The molecule has 0 heterocycles. The molecule has 0 aromatic rings. The van der Waals surface area contributed by atoms with Crippen LogP contribution >= 0.6 is 0 Å². The lowest BCUT2D eigenvalue weighted by molar-refractivity contribution is -0.166. The highest BCUT2D eigenvalue weighted by molar-refractivity contribution is 5.71. The Balaban J connectivity index is 4.45. The summed E-state index contributed by atoms with van der Waals surface area (Å²) in [7, 11) is 0. The largest absolute Gasteiger partial charge is 0.462 e. The van der Waals surface area contributed by atoms with Crippen molar-refractivity contribution in [3.63, 3.8) is 0 Å². The Kier molecular flexibility index (Phi) is 60.3. The molecule has 0 aliphatic carbocycles. The van der Waals surface area contributed by atoms with Crippen LogP contribution in [-0.2, 0) is 28.6 Å². The zero-order valence-electron chi connectivity index (χ0n) is 49.6. The number of unbranched alkanes of at least 4 members (excludes halogenated alkanes) is 33. The summed E-state index contributed by atoms with van der Waals surface area (Å²) in [5, 5.41) is 0. The first-order valence-electron chi connectivity index (χ1n) is 32.1. The summed E-state index contributed by atoms with van der Waals surface area (Å²) in [4.78, 5) is 38.3. The van der Waals surface area contributed by atoms with Gasteiger partial charge in [0.05, 0.1) is 0 Å². The van der Waals surface area contributed by atoms with E-state index >= 15 is 0 Å². The van der Waals surface area contributed by atoms with E-state index in [-0.39, 0.29) is 37.5 Å². The number of rotatable bonds is 58. The molecule has 75 heavy (non-hydrogen) atoms. The molecule has 0 saturated heterocycles. The van der Waals surface area contributed by atoms with E-state index in [4.69, 9.17) is 14.2 Å². The number of allylic oxidation sites excluding steroid dienone is 14. The fourth-order valence-electron chi connectivity index (χ4n) is 9.11. The zero-order valence-corrected chi connectivity index (χ0v) is 49.6. The summed E-state index contributed by atoms with van der Waals surface area (Å²) in [5.41, 5.74) is 0. The van der Waals surface area contributed by atoms with Crippen molar-refractivity contribution in [1.29, 1.82) is 0 Å². The van der Waals surface area contributed by atoms with Crippen LogP contribution in [0.4, 0.5) is 0 Å². The molecule has 0 N–H and O–H groups in total. The molecule has 0 radical (unpaired) electrons. The lowest BCUT2D eigenvalue weighted by Crippen LogP contribution is -2.30. The van der Waals surface area contributed by atoms with E-state index in [0.29, 0.717) is 19.3 Å². The highest BCUT2D eigenvalue weighted by Crippen LogP contribution is 2.17. The standard InChI is InChI=1S/C69H120O6/c1-4-7-10-13-16-19-22-25-28-31-33-34-36-38-41-44-47-50-53-56-59-62-68(71)74-65-66(64-73-67(70)61-58-55-52-49-46-43-40-37-30-27-24-21-18-15-12-9-6-3)75-69(72)63-60-57-54-51-48-45-42-39-35-32-29-26-23-20-17-14-11-8-5-2/h8,11,17,20,25-26,28-29,35,39,45,48,54,57,66H,4-7,9-10,12-16,18-19,21-24,27,30-34,36-38,40-44,46-47,49-53,55-56,58-65H2,1-3H3/b11-8-,20-17-,28-25-,29-26-,39-35-,48-45-,57-54-/t66-/m0/s1. The van der Waals surface area contributed by atoms with Crippen molar-refractivity contribution in [2.75, 3.05) is 13.2 Å². The summed E-state index contributed by atoms with van der Waals surface area (Å²) < 4.78 is 16.9. The van der Waals surface area contributed by atoms with Crippen molar-refractivity contribution < 1.29 is 28.6 Å². The second kappa shape index (κ2) is 63.1. The Labute approximate surface area is 465 Å². The SMILES string of the molecule is CC/C=C\C/C=C\C/C=C\C/C=C\C/C=C\C/C=C\CCC(=O)O[C@H](COC(=O)CCCCCCCCCCCCC/C=C\CCCCCCCC)COC(=O)CCCCCCCCCCCCCCCCCCC. The van der Waals surface area contributed by atoms with Gasteiger partial charge in [-0.15, -0.1) is 0 Å². The molecular formula is C69H120O6. The van der Waals surface area contributed by atoms with Crippen LogP contribution in [0.1, 0.15) is 316 Å². The Morgan fingerprint density at radius 1 is 0.280 bits per heavy atom. The van der Waals surface area contributed by atoms with Crippen LogP contribution in [0, 0.1) is 0 Å². The number of ether oxygens (including phenoxy) is 3. The maximum Gasteiger partial charge on any atom is 0.306 e. The molecule has 6 heteroatoms. The predicted molar refractivity (Wildman–Crippen MR) is 325 cm³/mol. The van der Waals surface area contributed by atoms with Crippen LogP contribution in [0.25, 0.3) is 0 Å². The van der Waals surface area contributed by atoms with Crippen LogP contribution in [0.5, 0.6) is 0 Å². The monoisotopic (exact) mass is 1040 g/mol. The molecule has 0 bridgehead atoms. The average molecular weight is 1050 g/mol. The number of hydrogen-bond acceptors (Lipinski definition) is 6. The third-order valence-electron chi connectivity index (χ3n) is 13.9. The second-order valence-corrected chi connectivity index (χ2v) is 21.3. The summed E-state index contributed by atoms with van der Waals surface area (Å²) in [6.07, 6.45) is 83.1. The first-order chi connectivity index (χ1) is 37.0. The number of carbonyl (C=O) groups excluding carboxylic acids is 3. The van der Waals surface area contributed by atoms with Crippen molar-refractivity contribution in [3.8, 4) is 0 Å². The fourth-order valence-corrected chi connectivity index (χ4v) is 9.11. The van der Waals surface area contributed by atoms with E-state index in [2.05, 4.69) is 99.8 Å². The maximum absolute atomic E-state index is 12.9. The maximum atomic E-state index is 12.9. The van der Waals surface area contributed by atoms with E-state index in [1.54, 1.807) is 0 Å². The van der Waals surface area contributed by atoms with E-state index in [1.807, 2.05) is 6.08 Å². The van der Waals surface area contributed by atoms with Gasteiger partial charge in [-0.1, -0.05) is 298 Å². The first kappa shape index (κ1) is 71.6. The van der Waals surface area contributed by atoms with Gasteiger partial charge in [-0.2, -0.15) is 0 Å². The van der Waals surface area contributed by atoms with Gasteiger partial charge in [0.1, 0.15) is 13.2 Å². The van der Waals surface area contributed by atoms with Crippen LogP contribution in [-0.4, -0.2) is 37.2 Å². The molecule has 0 unspecified atom stereocenters. The van der Waals surface area contributed by atoms with Crippen molar-refractivity contribution >= 4 is 17.9 Å². The fraction of sp³-hybridized carbons (Fsp3) is 0.754. The Morgan fingerprint density at radius 3 is 0.867 bits per heavy atom. The Hall–Kier alpha value is -3.41. The molecule has 432 valence electrons. The van der Waals surface area contributed by atoms with Gasteiger partial charge in [-0.25, -0.2) is 0 Å². The van der Waals surface area contributed by atoms with Crippen molar-refractivity contribution in [2.24, 2.45) is 0 Å². The quantitative estimate of drug-likeness (QED) is 0.0261. The Bertz CT molecular complexity index is 1430. The normalized spacial score (nSPS) is 12.6. The van der Waals surface area contributed by atoms with Crippen LogP contribution in [0.3, 0.4) is 0 Å². The minimum Gasteiger partial charge on any atom is -0.462 e. The molecule has 1 atom stereocenters. The molecular weight excluding hydrogens is 925 g/mol. The average Bonchev–Trinajstić information content (AvgIpc) is 3.41. The van der Waals surface area contributed by atoms with Gasteiger partial charge in [0.15, 0.2) is 6.10 Å². The van der Waals surface area contributed by atoms with Gasteiger partial charge in [0, 0.05) is 19.3 Å². The molecule has 0 aromatic carbocycles. The summed E-state index contributed by atoms with van der Waals surface area (Å²) in [6.45, 7) is 6.50. The topological polar surface area (TPSA) is 78.9 Å². The minimum atomic E-state index is -0.817. The van der Waals surface area contributed by atoms with E-state index in [1.165, 1.54) is 193 Å². The molecule has 0 aromatic heterocycles. The highest BCUT2D eigenvalue weighted by Gasteiger charge is 2.19. The molecule has 0 amide bonds. The molecule has 0 aliphatic heterocycles. The number of esters is 3. The number of hydrogen-bond donors (Lipinski definition) is 0. The highest BCUT2D eigenvalue weighted by atomic mass is 16.6. The van der Waals surface area contributed by atoms with Gasteiger partial charge in [0.25, 0.3) is 0 Å². The van der Waals surface area contributed by atoms with Crippen molar-refractivity contribution in [3.05, 3.63) is 85.1 Å². The molecule has 0 aliphatic rings. The summed E-state index contributed by atoms with van der Waals surface area (Å²) >= 11 is 0. The van der Waals surface area contributed by atoms with Crippen molar-refractivity contribution in [2.45, 2.75) is 322 Å². The number of carbonyl (C=O) groups is 3. The minimum absolute atomic E-state index is 0.104. The molecule has 6 nitrogen and oxygen atoms in total. The smallest absolute Gasteiger partial charge is 0.306 e. The second-order valence-electron chi connectivity index (χ2n) is 21.3. The third kappa shape index (κ3) is 61.3. The van der Waals surface area contributed by atoms with Gasteiger partial charge >= 0.3 is 17.9 Å². The molecule has 0 rings (SSSR count). The molecule has 0 saturated carbocycles. The first-order valence-corrected chi connectivity index (χ1v) is 32.1. The van der Waals surface area contributed by atoms with Crippen molar-refractivity contribution in [1.82, 2.24) is 0 Å². The zero-order chi connectivity index (χ0) is 54.3. The van der Waals surface area contributed by atoms with Crippen LogP contribution in [0.2, 0.25) is 0 Å². The molecule has 0 fully saturated rings. The summed E-state index contributed by atoms with van der Waals surface area (Å²) in [6, 6.07) is 0. The lowest BCUT2D eigenvalue weighted by atomic mass is 10.0. The predicted octanol–water partition coefficient (Wildman–Crippen LogP) is 21.9. The summed E-state index contributed by atoms with van der Waals surface area (Å²) in [5.74, 6) is -0.975. The van der Waals surface area contributed by atoms with Gasteiger partial charge in [-0.3, -0.25) is 14.4 Å². The Morgan fingerprint density at radius 2 is 0.547 bits per heavy atom. The van der Waals surface area contributed by atoms with Crippen LogP contribution in [0.15, 0.2) is 85.1 Å². The van der Waals surface area contributed by atoms with Gasteiger partial charge in [0.2, 0.25) is 0 Å². The van der Waals surface area contributed by atoms with Gasteiger partial charge < -0.3 is 14.2 Å². The van der Waals surface area contributed by atoms with Gasteiger partial charge in [-0.05, 0) is 83.5 Å².